The van der Waals surface area contributed by atoms with Gasteiger partial charge in [-0.3, -0.25) is 9.79 Å². The molecule has 3 aliphatic rings. The molecule has 0 bridgehead atoms. The van der Waals surface area contributed by atoms with E-state index in [1.165, 1.54) is 6.07 Å². The largest absolute Gasteiger partial charge is 0.368 e. The van der Waals surface area contributed by atoms with Crippen molar-refractivity contribution in [2.24, 2.45) is 4.99 Å². The molecule has 1 unspecified atom stereocenters. The van der Waals surface area contributed by atoms with Gasteiger partial charge in [0.2, 0.25) is 0 Å². The number of hydrogen-bond acceptors (Lipinski definition) is 3. The van der Waals surface area contributed by atoms with Gasteiger partial charge in [-0.05, 0) is 37.3 Å². The Morgan fingerprint density at radius 2 is 1.93 bits per heavy atom. The van der Waals surface area contributed by atoms with Crippen molar-refractivity contribution in [1.29, 1.82) is 0 Å². The third-order valence-electron chi connectivity index (χ3n) is 6.19. The van der Waals surface area contributed by atoms with Crippen molar-refractivity contribution in [3.8, 4) is 0 Å². The monoisotopic (exact) mass is 516 g/mol. The van der Waals surface area contributed by atoms with Crippen molar-refractivity contribution < 1.29 is 13.9 Å². The van der Waals surface area contributed by atoms with Gasteiger partial charge in [-0.15, -0.1) is 24.0 Å². The molecule has 1 saturated carbocycles. The summed E-state index contributed by atoms with van der Waals surface area (Å²) in [7, 11) is 1.77. The number of halogens is 2. The molecule has 8 heteroatoms. The van der Waals surface area contributed by atoms with Crippen molar-refractivity contribution in [1.82, 2.24) is 15.1 Å². The molecule has 1 aliphatic carbocycles. The van der Waals surface area contributed by atoms with E-state index >= 15 is 0 Å². The van der Waals surface area contributed by atoms with Crippen LogP contribution in [0, 0.1) is 5.82 Å². The molecule has 0 aromatic heterocycles. The second kappa shape index (κ2) is 9.59. The summed E-state index contributed by atoms with van der Waals surface area (Å²) < 4.78 is 19.7. The number of piperazine rings is 1. The van der Waals surface area contributed by atoms with Crippen molar-refractivity contribution in [3.05, 3.63) is 35.6 Å². The van der Waals surface area contributed by atoms with Crippen LogP contribution in [0.4, 0.5) is 4.39 Å². The lowest BCUT2D eigenvalue weighted by atomic mass is 9.95. The van der Waals surface area contributed by atoms with Crippen LogP contribution in [0.2, 0.25) is 0 Å². The fourth-order valence-electron chi connectivity index (χ4n) is 4.28. The minimum atomic E-state index is -0.250. The van der Waals surface area contributed by atoms with Gasteiger partial charge in [-0.2, -0.15) is 0 Å². The van der Waals surface area contributed by atoms with E-state index in [-0.39, 0.29) is 47.2 Å². The minimum Gasteiger partial charge on any atom is -0.368 e. The molecule has 160 valence electrons. The Morgan fingerprint density at radius 1 is 1.24 bits per heavy atom. The average Bonchev–Trinajstić information content (AvgIpc) is 3.30. The van der Waals surface area contributed by atoms with Gasteiger partial charge in [-0.1, -0.05) is 18.2 Å². The zero-order valence-electron chi connectivity index (χ0n) is 16.9. The van der Waals surface area contributed by atoms with Gasteiger partial charge in [0.15, 0.2) is 5.96 Å². The second-order valence-corrected chi connectivity index (χ2v) is 7.97. The quantitative estimate of drug-likeness (QED) is 0.380. The van der Waals surface area contributed by atoms with E-state index in [0.717, 1.165) is 50.3 Å². The predicted molar refractivity (Wildman–Crippen MR) is 121 cm³/mol. The first kappa shape index (κ1) is 22.3. The van der Waals surface area contributed by atoms with Crippen LogP contribution < -0.4 is 5.32 Å². The van der Waals surface area contributed by atoms with Gasteiger partial charge in [-0.25, -0.2) is 4.39 Å². The Kier molecular flexibility index (Phi) is 7.37. The summed E-state index contributed by atoms with van der Waals surface area (Å²) in [5.74, 6) is 0.821. The predicted octanol–water partition coefficient (Wildman–Crippen LogP) is 2.37. The number of aliphatic imine (C=N–C) groups is 1. The molecule has 2 heterocycles. The van der Waals surface area contributed by atoms with E-state index < -0.39 is 0 Å². The fourth-order valence-corrected chi connectivity index (χ4v) is 4.28. The number of nitrogens with one attached hydrogen (secondary N) is 1. The lowest BCUT2D eigenvalue weighted by molar-refractivity contribution is -0.142. The van der Waals surface area contributed by atoms with Crippen molar-refractivity contribution >= 4 is 35.8 Å². The summed E-state index contributed by atoms with van der Waals surface area (Å²) >= 11 is 0. The van der Waals surface area contributed by atoms with Gasteiger partial charge >= 0.3 is 0 Å². The number of hydrogen-bond donors (Lipinski definition) is 1. The van der Waals surface area contributed by atoms with Crippen molar-refractivity contribution in [3.63, 3.8) is 0 Å². The number of ether oxygens (including phenoxy) is 1. The molecule has 1 aromatic carbocycles. The third-order valence-corrected chi connectivity index (χ3v) is 6.19. The highest BCUT2D eigenvalue weighted by atomic mass is 127. The molecule has 0 spiro atoms. The summed E-state index contributed by atoms with van der Waals surface area (Å²) in [4.78, 5) is 21.0. The van der Waals surface area contributed by atoms with Gasteiger partial charge in [0.25, 0.3) is 5.91 Å². The zero-order chi connectivity index (χ0) is 19.6. The number of amides is 1. The molecule has 29 heavy (non-hydrogen) atoms. The van der Waals surface area contributed by atoms with Gasteiger partial charge in [0, 0.05) is 51.8 Å². The van der Waals surface area contributed by atoms with E-state index in [0.29, 0.717) is 26.2 Å². The lowest BCUT2D eigenvalue weighted by Gasteiger charge is -2.37. The lowest BCUT2D eigenvalue weighted by Crippen LogP contribution is -2.55. The SMILES string of the molecule is CN=C(NCC1(c2ccccc2F)CC1)N1CCN(C(=O)C2CCCO2)CC1.I. The summed E-state index contributed by atoms with van der Waals surface area (Å²) in [5.41, 5.74) is 0.670. The Bertz CT molecular complexity index is 742. The van der Waals surface area contributed by atoms with Crippen LogP contribution in [0.3, 0.4) is 0 Å². The van der Waals surface area contributed by atoms with E-state index in [1.807, 2.05) is 17.0 Å². The average molecular weight is 516 g/mol. The molecule has 1 atom stereocenters. The maximum atomic E-state index is 14.2. The maximum absolute atomic E-state index is 14.2. The van der Waals surface area contributed by atoms with Crippen LogP contribution in [-0.2, 0) is 14.9 Å². The highest BCUT2D eigenvalue weighted by Crippen LogP contribution is 2.48. The molecule has 6 nitrogen and oxygen atoms in total. The summed E-state index contributed by atoms with van der Waals surface area (Å²) in [6.07, 6.45) is 3.53. The molecule has 4 rings (SSSR count). The number of guanidine groups is 1. The first-order valence-corrected chi connectivity index (χ1v) is 10.2. The van der Waals surface area contributed by atoms with Crippen molar-refractivity contribution in [2.75, 3.05) is 46.4 Å². The van der Waals surface area contributed by atoms with Crippen LogP contribution >= 0.6 is 24.0 Å². The number of benzene rings is 1. The smallest absolute Gasteiger partial charge is 0.251 e. The van der Waals surface area contributed by atoms with Gasteiger partial charge in [0.1, 0.15) is 11.9 Å². The second-order valence-electron chi connectivity index (χ2n) is 7.97. The summed E-state index contributed by atoms with van der Waals surface area (Å²) in [5, 5.41) is 3.45. The summed E-state index contributed by atoms with van der Waals surface area (Å²) in [6, 6.07) is 7.06. The van der Waals surface area contributed by atoms with Crippen LogP contribution in [0.1, 0.15) is 31.2 Å². The molecular weight excluding hydrogens is 486 g/mol. The Hall–Kier alpha value is -1.42. The number of rotatable bonds is 4. The highest BCUT2D eigenvalue weighted by Gasteiger charge is 2.46. The van der Waals surface area contributed by atoms with Crippen LogP contribution in [0.15, 0.2) is 29.3 Å². The van der Waals surface area contributed by atoms with Crippen molar-refractivity contribution in [2.45, 2.75) is 37.2 Å². The normalized spacial score (nSPS) is 23.5. The molecule has 1 aromatic rings. The standard InChI is InChI=1S/C21H29FN4O2.HI/c1-23-20(24-15-21(8-9-21)16-5-2-3-6-17(16)22)26-12-10-25(11-13-26)19(27)18-7-4-14-28-18;/h2-3,5-6,18H,4,7-15H2,1H3,(H,23,24);1H. The van der Waals surface area contributed by atoms with Gasteiger partial charge < -0.3 is 19.9 Å². The molecule has 2 aliphatic heterocycles. The minimum absolute atomic E-state index is 0. The molecule has 3 fully saturated rings. The molecule has 0 radical (unpaired) electrons. The van der Waals surface area contributed by atoms with E-state index in [2.05, 4.69) is 15.2 Å². The van der Waals surface area contributed by atoms with Gasteiger partial charge in [0.05, 0.1) is 0 Å². The molecular formula is C21H30FIN4O2. The van der Waals surface area contributed by atoms with E-state index in [4.69, 9.17) is 4.74 Å². The fraction of sp³-hybridized carbons (Fsp3) is 0.619. The highest BCUT2D eigenvalue weighted by molar-refractivity contribution is 14.0. The number of carbonyl (C=O) groups is 1. The molecule has 2 saturated heterocycles. The number of nitrogens with zero attached hydrogens (tertiary/aromatic N) is 3. The first-order chi connectivity index (χ1) is 13.6. The first-order valence-electron chi connectivity index (χ1n) is 10.2. The Morgan fingerprint density at radius 3 is 2.52 bits per heavy atom. The van der Waals surface area contributed by atoms with Crippen LogP contribution in [-0.4, -0.2) is 74.1 Å². The molecule has 1 N–H and O–H groups in total. The van der Waals surface area contributed by atoms with Crippen LogP contribution in [0.25, 0.3) is 0 Å². The topological polar surface area (TPSA) is 57.2 Å². The van der Waals surface area contributed by atoms with Crippen LogP contribution in [0.5, 0.6) is 0 Å². The van der Waals surface area contributed by atoms with E-state index in [9.17, 15) is 9.18 Å². The molecule has 1 amide bonds. The zero-order valence-corrected chi connectivity index (χ0v) is 19.2. The number of carbonyl (C=O) groups excluding carboxylic acids is 1. The maximum Gasteiger partial charge on any atom is 0.251 e. The summed E-state index contributed by atoms with van der Waals surface area (Å²) in [6.45, 7) is 4.21. The Balaban J connectivity index is 0.00000240. The van der Waals surface area contributed by atoms with E-state index in [1.54, 1.807) is 13.1 Å². The Labute approximate surface area is 188 Å². The third kappa shape index (κ3) is 4.84.